The molecule has 1 heterocycles. The Kier molecular flexibility index (Phi) is 2.49. The van der Waals surface area contributed by atoms with Crippen molar-refractivity contribution in [2.24, 2.45) is 0 Å². The van der Waals surface area contributed by atoms with Crippen LogP contribution in [-0.2, 0) is 11.2 Å². The first-order valence-electron chi connectivity index (χ1n) is 4.69. The number of amides is 1. The summed E-state index contributed by atoms with van der Waals surface area (Å²) < 4.78 is 0. The fraction of sp³-hybridized carbons (Fsp3) is 0.273. The van der Waals surface area contributed by atoms with Crippen LogP contribution in [0.5, 0.6) is 0 Å². The minimum atomic E-state index is -0.461. The summed E-state index contributed by atoms with van der Waals surface area (Å²) in [6.07, 6.45) is 1.17. The first-order valence-corrected chi connectivity index (χ1v) is 5.06. The van der Waals surface area contributed by atoms with Crippen LogP contribution in [0.15, 0.2) is 18.2 Å². The number of fused-ring (bicyclic) bond motifs is 1. The normalized spacial score (nSPS) is 15.1. The van der Waals surface area contributed by atoms with Crippen molar-refractivity contribution >= 4 is 28.4 Å². The molecule has 78 valence electrons. The van der Waals surface area contributed by atoms with E-state index in [1.165, 1.54) is 0 Å². The lowest BCUT2D eigenvalue weighted by Gasteiger charge is -2.25. The van der Waals surface area contributed by atoms with Gasteiger partial charge in [-0.3, -0.25) is 9.59 Å². The molecule has 1 aromatic carbocycles. The molecule has 0 radical (unpaired) electrons. The van der Waals surface area contributed by atoms with Gasteiger partial charge in [0.2, 0.25) is 5.91 Å². The minimum Gasteiger partial charge on any atom is -0.315 e. The van der Waals surface area contributed by atoms with Crippen LogP contribution in [0.2, 0.25) is 0 Å². The third kappa shape index (κ3) is 1.75. The van der Waals surface area contributed by atoms with Crippen molar-refractivity contribution in [3.63, 3.8) is 0 Å². The van der Waals surface area contributed by atoms with Gasteiger partial charge in [0, 0.05) is 24.7 Å². The molecule has 3 nitrogen and oxygen atoms in total. The molecule has 15 heavy (non-hydrogen) atoms. The molecule has 0 atom stereocenters. The van der Waals surface area contributed by atoms with E-state index >= 15 is 0 Å². The summed E-state index contributed by atoms with van der Waals surface area (Å²) in [6.45, 7) is 0. The van der Waals surface area contributed by atoms with E-state index in [0.717, 1.165) is 11.3 Å². The van der Waals surface area contributed by atoms with Crippen molar-refractivity contribution in [3.8, 4) is 0 Å². The van der Waals surface area contributed by atoms with Crippen LogP contribution in [0.3, 0.4) is 0 Å². The number of hydrogen-bond acceptors (Lipinski definition) is 2. The Balaban J connectivity index is 2.47. The van der Waals surface area contributed by atoms with Crippen molar-refractivity contribution in [2.45, 2.75) is 12.8 Å². The summed E-state index contributed by atoms with van der Waals surface area (Å²) >= 11 is 5.39. The van der Waals surface area contributed by atoms with E-state index in [1.54, 1.807) is 30.1 Å². The van der Waals surface area contributed by atoms with Gasteiger partial charge in [0.1, 0.15) is 0 Å². The molecule has 1 aromatic rings. The van der Waals surface area contributed by atoms with Gasteiger partial charge in [0.25, 0.3) is 5.24 Å². The van der Waals surface area contributed by atoms with Crippen LogP contribution in [0, 0.1) is 0 Å². The highest BCUT2D eigenvalue weighted by Crippen LogP contribution is 2.27. The van der Waals surface area contributed by atoms with Crippen molar-refractivity contribution in [1.29, 1.82) is 0 Å². The smallest absolute Gasteiger partial charge is 0.252 e. The lowest BCUT2D eigenvalue weighted by atomic mass is 9.99. The Morgan fingerprint density at radius 3 is 2.80 bits per heavy atom. The quantitative estimate of drug-likeness (QED) is 0.683. The number of rotatable bonds is 1. The average molecular weight is 224 g/mol. The second kappa shape index (κ2) is 3.66. The first kappa shape index (κ1) is 10.2. The predicted molar refractivity (Wildman–Crippen MR) is 58.4 cm³/mol. The van der Waals surface area contributed by atoms with Gasteiger partial charge in [0.05, 0.1) is 0 Å². The van der Waals surface area contributed by atoms with E-state index in [1.807, 2.05) is 0 Å². The molecule has 0 N–H and O–H groups in total. The first-order chi connectivity index (χ1) is 7.09. The molecule has 0 spiro atoms. The number of carbonyl (C=O) groups is 2. The van der Waals surface area contributed by atoms with Gasteiger partial charge in [-0.1, -0.05) is 0 Å². The number of aryl methyl sites for hydroxylation is 1. The van der Waals surface area contributed by atoms with E-state index < -0.39 is 5.24 Å². The SMILES string of the molecule is CN1C(=O)CCc2cc(C(=O)Cl)ccc21. The minimum absolute atomic E-state index is 0.104. The monoisotopic (exact) mass is 223 g/mol. The van der Waals surface area contributed by atoms with E-state index in [4.69, 9.17) is 11.6 Å². The van der Waals surface area contributed by atoms with E-state index in [0.29, 0.717) is 18.4 Å². The number of benzene rings is 1. The summed E-state index contributed by atoms with van der Waals surface area (Å²) in [5.74, 6) is 0.104. The molecule has 2 rings (SSSR count). The van der Waals surface area contributed by atoms with Gasteiger partial charge in [0.15, 0.2) is 0 Å². The van der Waals surface area contributed by atoms with Gasteiger partial charge in [-0.2, -0.15) is 0 Å². The summed E-state index contributed by atoms with van der Waals surface area (Å²) in [5, 5.41) is -0.461. The molecular weight excluding hydrogens is 214 g/mol. The molecule has 1 aliphatic rings. The molecule has 1 aliphatic heterocycles. The zero-order valence-electron chi connectivity index (χ0n) is 8.29. The highest BCUT2D eigenvalue weighted by Gasteiger charge is 2.21. The molecule has 4 heteroatoms. The van der Waals surface area contributed by atoms with Gasteiger partial charge in [-0.25, -0.2) is 0 Å². The molecule has 0 saturated heterocycles. The fourth-order valence-corrected chi connectivity index (χ4v) is 1.90. The zero-order chi connectivity index (χ0) is 11.0. The number of nitrogens with zero attached hydrogens (tertiary/aromatic N) is 1. The molecule has 0 bridgehead atoms. The maximum absolute atomic E-state index is 11.4. The number of anilines is 1. The van der Waals surface area contributed by atoms with E-state index in [2.05, 4.69) is 0 Å². The molecule has 1 amide bonds. The highest BCUT2D eigenvalue weighted by atomic mass is 35.5. The zero-order valence-corrected chi connectivity index (χ0v) is 9.04. The summed E-state index contributed by atoms with van der Waals surface area (Å²) in [6, 6.07) is 5.17. The van der Waals surface area contributed by atoms with Crippen molar-refractivity contribution in [1.82, 2.24) is 0 Å². The number of hydrogen-bond donors (Lipinski definition) is 0. The second-order valence-corrected chi connectivity index (χ2v) is 3.91. The van der Waals surface area contributed by atoms with Gasteiger partial charge >= 0.3 is 0 Å². The average Bonchev–Trinajstić information content (AvgIpc) is 2.23. The lowest BCUT2D eigenvalue weighted by Crippen LogP contribution is -2.31. The van der Waals surface area contributed by atoms with E-state index in [9.17, 15) is 9.59 Å². The molecule has 0 unspecified atom stereocenters. The Hall–Kier alpha value is -1.35. The third-order valence-corrected chi connectivity index (χ3v) is 2.87. The van der Waals surface area contributed by atoms with Gasteiger partial charge in [-0.05, 0) is 41.8 Å². The molecule has 0 saturated carbocycles. The maximum Gasteiger partial charge on any atom is 0.252 e. The standard InChI is InChI=1S/C11H10ClNO2/c1-13-9-4-2-8(11(12)15)6-7(9)3-5-10(13)14/h2,4,6H,3,5H2,1H3. The fourth-order valence-electron chi connectivity index (χ4n) is 1.78. The molecule has 0 fully saturated rings. The predicted octanol–water partition coefficient (Wildman–Crippen LogP) is 1.97. The van der Waals surface area contributed by atoms with Crippen molar-refractivity contribution in [2.75, 3.05) is 11.9 Å². The van der Waals surface area contributed by atoms with Crippen LogP contribution >= 0.6 is 11.6 Å². The third-order valence-electron chi connectivity index (χ3n) is 2.65. The summed E-state index contributed by atoms with van der Waals surface area (Å²) in [4.78, 5) is 24.0. The van der Waals surface area contributed by atoms with Crippen LogP contribution < -0.4 is 4.90 Å². The number of carbonyl (C=O) groups excluding carboxylic acids is 2. The topological polar surface area (TPSA) is 37.4 Å². The summed E-state index contributed by atoms with van der Waals surface area (Å²) in [7, 11) is 1.74. The Morgan fingerprint density at radius 2 is 2.13 bits per heavy atom. The van der Waals surface area contributed by atoms with Crippen LogP contribution in [0.1, 0.15) is 22.3 Å². The summed E-state index contributed by atoms with van der Waals surface area (Å²) in [5.41, 5.74) is 2.36. The Morgan fingerprint density at radius 1 is 1.40 bits per heavy atom. The Labute approximate surface area is 92.6 Å². The van der Waals surface area contributed by atoms with Crippen LogP contribution in [0.4, 0.5) is 5.69 Å². The molecule has 0 aliphatic carbocycles. The van der Waals surface area contributed by atoms with Gasteiger partial charge in [-0.15, -0.1) is 0 Å². The van der Waals surface area contributed by atoms with Crippen molar-refractivity contribution in [3.05, 3.63) is 29.3 Å². The highest BCUT2D eigenvalue weighted by molar-refractivity contribution is 6.67. The van der Waals surface area contributed by atoms with Crippen LogP contribution in [-0.4, -0.2) is 18.2 Å². The van der Waals surface area contributed by atoms with Crippen LogP contribution in [0.25, 0.3) is 0 Å². The van der Waals surface area contributed by atoms with Crippen molar-refractivity contribution < 1.29 is 9.59 Å². The van der Waals surface area contributed by atoms with Gasteiger partial charge < -0.3 is 4.90 Å². The maximum atomic E-state index is 11.4. The molecular formula is C11H10ClNO2. The van der Waals surface area contributed by atoms with E-state index in [-0.39, 0.29) is 5.91 Å². The number of halogens is 1. The molecule has 0 aromatic heterocycles. The largest absolute Gasteiger partial charge is 0.315 e. The second-order valence-electron chi connectivity index (χ2n) is 3.57. The lowest BCUT2D eigenvalue weighted by molar-refractivity contribution is -0.118. The Bertz CT molecular complexity index is 442.